The second-order valence-corrected chi connectivity index (χ2v) is 4.83. The third-order valence-corrected chi connectivity index (χ3v) is 3.26. The molecule has 1 aromatic heterocycles. The maximum absolute atomic E-state index is 11.4. The Morgan fingerprint density at radius 1 is 1.32 bits per heavy atom. The highest BCUT2D eigenvalue weighted by atomic mass is 16.4. The van der Waals surface area contributed by atoms with Crippen molar-refractivity contribution in [3.63, 3.8) is 0 Å². The summed E-state index contributed by atoms with van der Waals surface area (Å²) in [6.07, 6.45) is 2.47. The van der Waals surface area contributed by atoms with Gasteiger partial charge >= 0.3 is 5.97 Å². The summed E-state index contributed by atoms with van der Waals surface area (Å²) in [5.41, 5.74) is 0.945. The van der Waals surface area contributed by atoms with Crippen molar-refractivity contribution >= 4 is 5.97 Å². The van der Waals surface area contributed by atoms with Gasteiger partial charge in [0, 0.05) is 5.92 Å². The van der Waals surface area contributed by atoms with E-state index < -0.39 is 11.9 Å². The maximum Gasteiger partial charge on any atom is 0.316 e. The molecule has 1 aliphatic carbocycles. The zero-order chi connectivity index (χ0) is 13.2. The van der Waals surface area contributed by atoms with Gasteiger partial charge < -0.3 is 9.52 Å². The van der Waals surface area contributed by atoms with Crippen LogP contribution in [0, 0.1) is 0 Å². The Kier molecular flexibility index (Phi) is 3.03. The van der Waals surface area contributed by atoms with E-state index in [-0.39, 0.29) is 5.89 Å². The van der Waals surface area contributed by atoms with Gasteiger partial charge in [-0.3, -0.25) is 4.79 Å². The van der Waals surface area contributed by atoms with Crippen molar-refractivity contribution in [2.45, 2.75) is 31.1 Å². The van der Waals surface area contributed by atoms with E-state index in [2.05, 4.69) is 10.2 Å². The van der Waals surface area contributed by atoms with Gasteiger partial charge in [-0.15, -0.1) is 10.2 Å². The van der Waals surface area contributed by atoms with E-state index in [0.717, 1.165) is 18.4 Å². The monoisotopic (exact) mass is 258 g/mol. The van der Waals surface area contributed by atoms with E-state index in [9.17, 15) is 9.90 Å². The van der Waals surface area contributed by atoms with Crippen molar-refractivity contribution in [1.82, 2.24) is 10.2 Å². The molecule has 1 aliphatic rings. The van der Waals surface area contributed by atoms with Gasteiger partial charge in [0.25, 0.3) is 0 Å². The number of carboxylic acids is 1. The summed E-state index contributed by atoms with van der Waals surface area (Å²) in [4.78, 5) is 11.4. The van der Waals surface area contributed by atoms with Gasteiger partial charge in [0.1, 0.15) is 5.92 Å². The highest BCUT2D eigenvalue weighted by molar-refractivity contribution is 5.75. The first-order valence-corrected chi connectivity index (χ1v) is 6.34. The fourth-order valence-electron chi connectivity index (χ4n) is 2.01. The average Bonchev–Trinajstić information content (AvgIpc) is 3.16. The number of aromatic nitrogens is 2. The van der Waals surface area contributed by atoms with E-state index in [0.29, 0.717) is 18.2 Å². The minimum absolute atomic E-state index is 0.207. The van der Waals surface area contributed by atoms with E-state index in [1.54, 1.807) is 0 Å². The number of hydrogen-bond donors (Lipinski definition) is 1. The molecule has 5 heteroatoms. The fraction of sp³-hybridized carbons (Fsp3) is 0.357. The number of rotatable bonds is 5. The van der Waals surface area contributed by atoms with Crippen LogP contribution in [0.5, 0.6) is 0 Å². The first kappa shape index (κ1) is 11.9. The number of carbonyl (C=O) groups is 1. The second kappa shape index (κ2) is 4.84. The summed E-state index contributed by atoms with van der Waals surface area (Å²) in [6, 6.07) is 9.47. The lowest BCUT2D eigenvalue weighted by Crippen LogP contribution is -2.14. The maximum atomic E-state index is 11.4. The molecule has 1 heterocycles. The SMILES string of the molecule is O=C(O)C(Cc1ccccc1)c1nnc(C2CC2)o1. The fourth-order valence-corrected chi connectivity index (χ4v) is 2.01. The Bertz CT molecular complexity index is 575. The van der Waals surface area contributed by atoms with Crippen LogP contribution < -0.4 is 0 Å². The first-order valence-electron chi connectivity index (χ1n) is 6.34. The molecule has 0 spiro atoms. The molecule has 98 valence electrons. The normalized spacial score (nSPS) is 16.2. The molecular formula is C14H14N2O3. The van der Waals surface area contributed by atoms with Crippen molar-refractivity contribution in [3.05, 3.63) is 47.7 Å². The summed E-state index contributed by atoms with van der Waals surface area (Å²) in [5, 5.41) is 17.2. The van der Waals surface area contributed by atoms with E-state index in [1.165, 1.54) is 0 Å². The number of hydrogen-bond acceptors (Lipinski definition) is 4. The largest absolute Gasteiger partial charge is 0.481 e. The van der Waals surface area contributed by atoms with Gasteiger partial charge in [-0.2, -0.15) is 0 Å². The molecule has 1 unspecified atom stereocenters. The lowest BCUT2D eigenvalue weighted by Gasteiger charge is -2.07. The predicted octanol–water partition coefficient (Wildman–Crippen LogP) is 2.36. The third-order valence-electron chi connectivity index (χ3n) is 3.26. The molecule has 1 fully saturated rings. The number of benzene rings is 1. The van der Waals surface area contributed by atoms with Gasteiger partial charge in [0.05, 0.1) is 0 Å². The van der Waals surface area contributed by atoms with Crippen LogP contribution >= 0.6 is 0 Å². The topological polar surface area (TPSA) is 76.2 Å². The van der Waals surface area contributed by atoms with Gasteiger partial charge in [-0.1, -0.05) is 30.3 Å². The van der Waals surface area contributed by atoms with E-state index >= 15 is 0 Å². The minimum Gasteiger partial charge on any atom is -0.481 e. The van der Waals surface area contributed by atoms with Crippen molar-refractivity contribution in [2.75, 3.05) is 0 Å². The number of nitrogens with zero attached hydrogens (tertiary/aromatic N) is 2. The Labute approximate surface area is 110 Å². The molecule has 0 amide bonds. The zero-order valence-corrected chi connectivity index (χ0v) is 10.3. The molecule has 1 atom stereocenters. The third kappa shape index (κ3) is 2.65. The van der Waals surface area contributed by atoms with Crippen molar-refractivity contribution in [2.24, 2.45) is 0 Å². The molecule has 1 saturated carbocycles. The summed E-state index contributed by atoms with van der Waals surface area (Å²) in [7, 11) is 0. The Hall–Kier alpha value is -2.17. The van der Waals surface area contributed by atoms with Crippen LogP contribution in [0.4, 0.5) is 0 Å². The molecule has 0 saturated heterocycles. The van der Waals surface area contributed by atoms with Crippen LogP contribution in [0.1, 0.15) is 42.0 Å². The molecule has 3 rings (SSSR count). The van der Waals surface area contributed by atoms with Crippen LogP contribution in [0.25, 0.3) is 0 Å². The Balaban J connectivity index is 1.81. The smallest absolute Gasteiger partial charge is 0.316 e. The van der Waals surface area contributed by atoms with E-state index in [1.807, 2.05) is 30.3 Å². The van der Waals surface area contributed by atoms with Gasteiger partial charge in [0.15, 0.2) is 0 Å². The van der Waals surface area contributed by atoms with Crippen molar-refractivity contribution in [3.8, 4) is 0 Å². The lowest BCUT2D eigenvalue weighted by molar-refractivity contribution is -0.139. The van der Waals surface area contributed by atoms with Crippen LogP contribution in [0.3, 0.4) is 0 Å². The first-order chi connectivity index (χ1) is 9.24. The molecule has 1 N–H and O–H groups in total. The lowest BCUT2D eigenvalue weighted by atomic mass is 9.99. The molecule has 0 radical (unpaired) electrons. The quantitative estimate of drug-likeness (QED) is 0.890. The summed E-state index contributed by atoms with van der Waals surface area (Å²) < 4.78 is 5.50. The molecule has 5 nitrogen and oxygen atoms in total. The second-order valence-electron chi connectivity index (χ2n) is 4.83. The molecule has 0 aliphatic heterocycles. The highest BCUT2D eigenvalue weighted by Gasteiger charge is 2.32. The van der Waals surface area contributed by atoms with Gasteiger partial charge in [-0.05, 0) is 24.8 Å². The van der Waals surface area contributed by atoms with Crippen molar-refractivity contribution < 1.29 is 14.3 Å². The Morgan fingerprint density at radius 2 is 2.05 bits per heavy atom. The number of carboxylic acid groups (broad SMARTS) is 1. The highest BCUT2D eigenvalue weighted by Crippen LogP contribution is 2.39. The summed E-state index contributed by atoms with van der Waals surface area (Å²) >= 11 is 0. The van der Waals surface area contributed by atoms with Crippen LogP contribution in [0.15, 0.2) is 34.7 Å². The van der Waals surface area contributed by atoms with Crippen LogP contribution in [-0.4, -0.2) is 21.3 Å². The van der Waals surface area contributed by atoms with Gasteiger partial charge in [0.2, 0.25) is 11.8 Å². The summed E-state index contributed by atoms with van der Waals surface area (Å²) in [6.45, 7) is 0. The molecule has 1 aromatic carbocycles. The minimum atomic E-state index is -0.935. The van der Waals surface area contributed by atoms with Crippen molar-refractivity contribution in [1.29, 1.82) is 0 Å². The molecule has 19 heavy (non-hydrogen) atoms. The summed E-state index contributed by atoms with van der Waals surface area (Å²) in [5.74, 6) is -0.586. The standard InChI is InChI=1S/C14H14N2O3/c17-14(18)11(8-9-4-2-1-3-5-9)13-16-15-12(19-13)10-6-7-10/h1-5,10-11H,6-8H2,(H,17,18). The Morgan fingerprint density at radius 3 is 2.68 bits per heavy atom. The van der Waals surface area contributed by atoms with Crippen LogP contribution in [0.2, 0.25) is 0 Å². The zero-order valence-electron chi connectivity index (χ0n) is 10.3. The number of aliphatic carboxylic acids is 1. The molecular weight excluding hydrogens is 244 g/mol. The van der Waals surface area contributed by atoms with Gasteiger partial charge in [-0.25, -0.2) is 0 Å². The predicted molar refractivity (Wildman–Crippen MR) is 66.8 cm³/mol. The van der Waals surface area contributed by atoms with E-state index in [4.69, 9.17) is 4.42 Å². The van der Waals surface area contributed by atoms with Crippen LogP contribution in [-0.2, 0) is 11.2 Å². The molecule has 0 bridgehead atoms. The molecule has 2 aromatic rings. The average molecular weight is 258 g/mol.